The second-order valence-electron chi connectivity index (χ2n) is 5.35. The highest BCUT2D eigenvalue weighted by molar-refractivity contribution is 5.98. The van der Waals surface area contributed by atoms with Crippen LogP contribution >= 0.6 is 0 Å². The van der Waals surface area contributed by atoms with Crippen molar-refractivity contribution >= 4 is 22.6 Å². The molecule has 6 heteroatoms. The number of aromatic nitrogens is 1. The number of morpholine rings is 1. The van der Waals surface area contributed by atoms with Crippen LogP contribution in [-0.4, -0.2) is 47.5 Å². The van der Waals surface area contributed by atoms with Gasteiger partial charge in [-0.05, 0) is 23.6 Å². The first-order valence-corrected chi connectivity index (χ1v) is 7.16. The molecular formula is C16H17N3O3. The van der Waals surface area contributed by atoms with E-state index >= 15 is 0 Å². The van der Waals surface area contributed by atoms with Crippen molar-refractivity contribution < 1.29 is 14.3 Å². The molecule has 1 atom stereocenters. The van der Waals surface area contributed by atoms with Gasteiger partial charge < -0.3 is 15.4 Å². The second kappa shape index (κ2) is 6.11. The second-order valence-corrected chi connectivity index (χ2v) is 5.35. The van der Waals surface area contributed by atoms with Crippen LogP contribution in [0, 0.1) is 0 Å². The molecule has 2 N–H and O–H groups in total. The normalized spacial score (nSPS) is 18.4. The molecule has 0 radical (unpaired) electrons. The highest BCUT2D eigenvalue weighted by atomic mass is 16.5. The number of nitrogens with two attached hydrogens (primary N) is 1. The molecule has 1 unspecified atom stereocenters. The van der Waals surface area contributed by atoms with Crippen LogP contribution in [0.1, 0.15) is 16.8 Å². The molecule has 0 aliphatic carbocycles. The van der Waals surface area contributed by atoms with E-state index in [1.54, 1.807) is 17.3 Å². The van der Waals surface area contributed by atoms with Crippen LogP contribution in [0.5, 0.6) is 0 Å². The lowest BCUT2D eigenvalue weighted by molar-refractivity contribution is -0.122. The molecular weight excluding hydrogens is 282 g/mol. The zero-order valence-corrected chi connectivity index (χ0v) is 12.1. The Labute approximate surface area is 127 Å². The van der Waals surface area contributed by atoms with Crippen molar-refractivity contribution in [3.05, 3.63) is 42.2 Å². The molecule has 114 valence electrons. The monoisotopic (exact) mass is 299 g/mol. The van der Waals surface area contributed by atoms with Gasteiger partial charge >= 0.3 is 0 Å². The molecule has 1 aliphatic rings. The predicted octanol–water partition coefficient (Wildman–Crippen LogP) is 0.951. The van der Waals surface area contributed by atoms with E-state index in [0.717, 1.165) is 10.8 Å². The Morgan fingerprint density at radius 3 is 3.00 bits per heavy atom. The first-order valence-electron chi connectivity index (χ1n) is 7.16. The molecule has 1 aromatic carbocycles. The van der Waals surface area contributed by atoms with Gasteiger partial charge in [0, 0.05) is 36.4 Å². The Morgan fingerprint density at radius 2 is 2.18 bits per heavy atom. The Balaban J connectivity index is 1.78. The van der Waals surface area contributed by atoms with E-state index in [1.807, 2.05) is 24.3 Å². The lowest BCUT2D eigenvalue weighted by Crippen LogP contribution is -2.46. The van der Waals surface area contributed by atoms with Gasteiger partial charge in [-0.15, -0.1) is 0 Å². The van der Waals surface area contributed by atoms with Gasteiger partial charge in [0.05, 0.1) is 19.1 Å². The fourth-order valence-corrected chi connectivity index (χ4v) is 2.65. The predicted molar refractivity (Wildman–Crippen MR) is 81.2 cm³/mol. The third-order valence-electron chi connectivity index (χ3n) is 3.74. The molecule has 2 heterocycles. The molecule has 1 saturated heterocycles. The lowest BCUT2D eigenvalue weighted by Gasteiger charge is -2.32. The number of fused-ring (bicyclic) bond motifs is 1. The third kappa shape index (κ3) is 3.07. The summed E-state index contributed by atoms with van der Waals surface area (Å²) in [5.41, 5.74) is 5.80. The molecule has 6 nitrogen and oxygen atoms in total. The number of hydrogen-bond donors (Lipinski definition) is 1. The summed E-state index contributed by atoms with van der Waals surface area (Å²) in [7, 11) is 0. The number of carbonyl (C=O) groups is 2. The van der Waals surface area contributed by atoms with Gasteiger partial charge in [0.15, 0.2) is 0 Å². The van der Waals surface area contributed by atoms with E-state index in [1.165, 1.54) is 0 Å². The number of amides is 2. The minimum Gasteiger partial charge on any atom is -0.374 e. The molecule has 3 rings (SSSR count). The molecule has 2 aromatic rings. The van der Waals surface area contributed by atoms with E-state index < -0.39 is 5.91 Å². The quantitative estimate of drug-likeness (QED) is 0.914. The van der Waals surface area contributed by atoms with E-state index in [0.29, 0.717) is 25.3 Å². The standard InChI is InChI=1S/C16H17N3O3/c17-15(20)8-14-10-19(5-6-22-14)16(21)12-2-1-11-3-4-18-9-13(11)7-12/h1-4,7,9,14H,5-6,8,10H2,(H2,17,20). The highest BCUT2D eigenvalue weighted by Gasteiger charge is 2.26. The number of carbonyl (C=O) groups excluding carboxylic acids is 2. The fraction of sp³-hybridized carbons (Fsp3) is 0.312. The average Bonchev–Trinajstić information content (AvgIpc) is 2.53. The summed E-state index contributed by atoms with van der Waals surface area (Å²) in [4.78, 5) is 29.4. The SMILES string of the molecule is NC(=O)CC1CN(C(=O)c2ccc3ccncc3c2)CCO1. The molecule has 0 saturated carbocycles. The number of nitrogens with zero attached hydrogens (tertiary/aromatic N) is 2. The van der Waals surface area contributed by atoms with Crippen molar-refractivity contribution in [2.24, 2.45) is 5.73 Å². The van der Waals surface area contributed by atoms with Crippen LogP contribution in [0.25, 0.3) is 10.8 Å². The van der Waals surface area contributed by atoms with Crippen molar-refractivity contribution in [3.8, 4) is 0 Å². The summed E-state index contributed by atoms with van der Waals surface area (Å²) >= 11 is 0. The summed E-state index contributed by atoms with van der Waals surface area (Å²) in [6.45, 7) is 1.31. The Kier molecular flexibility index (Phi) is 4.02. The zero-order chi connectivity index (χ0) is 15.5. The van der Waals surface area contributed by atoms with E-state index in [2.05, 4.69) is 4.98 Å². The molecule has 1 aromatic heterocycles. The summed E-state index contributed by atoms with van der Waals surface area (Å²) in [6, 6.07) is 7.46. The minimum atomic E-state index is -0.420. The fourth-order valence-electron chi connectivity index (χ4n) is 2.65. The topological polar surface area (TPSA) is 85.5 Å². The van der Waals surface area contributed by atoms with Gasteiger partial charge in [-0.2, -0.15) is 0 Å². The number of rotatable bonds is 3. The van der Waals surface area contributed by atoms with Crippen molar-refractivity contribution in [1.29, 1.82) is 0 Å². The maximum absolute atomic E-state index is 12.6. The van der Waals surface area contributed by atoms with Gasteiger partial charge in [-0.3, -0.25) is 14.6 Å². The van der Waals surface area contributed by atoms with E-state index in [4.69, 9.17) is 10.5 Å². The van der Waals surface area contributed by atoms with Crippen LogP contribution in [0.15, 0.2) is 36.7 Å². The summed E-state index contributed by atoms with van der Waals surface area (Å²) in [5, 5.41) is 1.97. The summed E-state index contributed by atoms with van der Waals surface area (Å²) < 4.78 is 5.47. The lowest BCUT2D eigenvalue weighted by atomic mass is 10.1. The maximum Gasteiger partial charge on any atom is 0.254 e. The Morgan fingerprint density at radius 1 is 1.32 bits per heavy atom. The molecule has 2 amide bonds. The summed E-state index contributed by atoms with van der Waals surface area (Å²) in [5.74, 6) is -0.486. The van der Waals surface area contributed by atoms with Crippen LogP contribution in [0.4, 0.5) is 0 Å². The number of benzene rings is 1. The molecule has 1 fully saturated rings. The smallest absolute Gasteiger partial charge is 0.254 e. The zero-order valence-electron chi connectivity index (χ0n) is 12.1. The van der Waals surface area contributed by atoms with Gasteiger partial charge in [-0.25, -0.2) is 0 Å². The van der Waals surface area contributed by atoms with Crippen molar-refractivity contribution in [1.82, 2.24) is 9.88 Å². The van der Waals surface area contributed by atoms with Gasteiger partial charge in [-0.1, -0.05) is 6.07 Å². The molecule has 22 heavy (non-hydrogen) atoms. The van der Waals surface area contributed by atoms with Crippen LogP contribution < -0.4 is 5.73 Å². The number of pyridine rings is 1. The molecule has 0 spiro atoms. The van der Waals surface area contributed by atoms with E-state index in [9.17, 15) is 9.59 Å². The minimum absolute atomic E-state index is 0.0662. The Hall–Kier alpha value is -2.47. The summed E-state index contributed by atoms with van der Waals surface area (Å²) in [6.07, 6.45) is 3.27. The molecule has 1 aliphatic heterocycles. The maximum atomic E-state index is 12.6. The van der Waals surface area contributed by atoms with Crippen LogP contribution in [-0.2, 0) is 9.53 Å². The van der Waals surface area contributed by atoms with Gasteiger partial charge in [0.2, 0.25) is 5.91 Å². The first-order chi connectivity index (χ1) is 10.6. The molecule has 0 bridgehead atoms. The van der Waals surface area contributed by atoms with Crippen molar-refractivity contribution in [3.63, 3.8) is 0 Å². The highest BCUT2D eigenvalue weighted by Crippen LogP contribution is 2.17. The largest absolute Gasteiger partial charge is 0.374 e. The number of primary amides is 1. The van der Waals surface area contributed by atoms with Gasteiger partial charge in [0.1, 0.15) is 0 Å². The van der Waals surface area contributed by atoms with Crippen molar-refractivity contribution in [2.45, 2.75) is 12.5 Å². The van der Waals surface area contributed by atoms with Crippen LogP contribution in [0.2, 0.25) is 0 Å². The van der Waals surface area contributed by atoms with E-state index in [-0.39, 0.29) is 18.4 Å². The van der Waals surface area contributed by atoms with Crippen LogP contribution in [0.3, 0.4) is 0 Å². The third-order valence-corrected chi connectivity index (χ3v) is 3.74. The first kappa shape index (κ1) is 14.5. The number of hydrogen-bond acceptors (Lipinski definition) is 4. The Bertz CT molecular complexity index is 717. The van der Waals surface area contributed by atoms with Crippen molar-refractivity contribution in [2.75, 3.05) is 19.7 Å². The average molecular weight is 299 g/mol. The number of ether oxygens (including phenoxy) is 1. The van der Waals surface area contributed by atoms with Gasteiger partial charge in [0.25, 0.3) is 5.91 Å².